The number of carbonyl (C=O) groups is 2. The standard InChI is InChI=1S/C18H15NO2S2/c1-12-6-8-13(9-7-12)10-16-17(20)19(18(21)23-16)14-4-3-5-15(11-14)22-2/h3-11H,1-2H3. The maximum atomic E-state index is 12.6. The summed E-state index contributed by atoms with van der Waals surface area (Å²) in [7, 11) is 0. The maximum Gasteiger partial charge on any atom is 0.298 e. The number of hydrogen-bond acceptors (Lipinski definition) is 4. The molecule has 0 N–H and O–H groups in total. The molecule has 2 aromatic carbocycles. The van der Waals surface area contributed by atoms with E-state index in [0.717, 1.165) is 27.8 Å². The molecule has 0 unspecified atom stereocenters. The van der Waals surface area contributed by atoms with Crippen molar-refractivity contribution in [2.24, 2.45) is 0 Å². The summed E-state index contributed by atoms with van der Waals surface area (Å²) in [5, 5.41) is -0.258. The molecular weight excluding hydrogens is 326 g/mol. The van der Waals surface area contributed by atoms with Crippen molar-refractivity contribution in [3.8, 4) is 0 Å². The van der Waals surface area contributed by atoms with E-state index >= 15 is 0 Å². The van der Waals surface area contributed by atoms with E-state index in [0.29, 0.717) is 10.6 Å². The molecule has 0 spiro atoms. The van der Waals surface area contributed by atoms with Crippen molar-refractivity contribution in [3.05, 3.63) is 64.6 Å². The molecule has 0 bridgehead atoms. The van der Waals surface area contributed by atoms with Gasteiger partial charge in [0.15, 0.2) is 0 Å². The monoisotopic (exact) mass is 341 g/mol. The number of aryl methyl sites for hydroxylation is 1. The third-order valence-electron chi connectivity index (χ3n) is 3.48. The molecule has 1 aliphatic heterocycles. The van der Waals surface area contributed by atoms with Gasteiger partial charge in [0.1, 0.15) is 0 Å². The first-order valence-electron chi connectivity index (χ1n) is 7.07. The second-order valence-electron chi connectivity index (χ2n) is 5.13. The van der Waals surface area contributed by atoms with E-state index in [-0.39, 0.29) is 11.1 Å². The highest BCUT2D eigenvalue weighted by Gasteiger charge is 2.36. The molecule has 1 fully saturated rings. The molecule has 116 valence electrons. The highest BCUT2D eigenvalue weighted by Crippen LogP contribution is 2.36. The van der Waals surface area contributed by atoms with Crippen LogP contribution in [0.4, 0.5) is 10.5 Å². The fourth-order valence-corrected chi connectivity index (χ4v) is 3.55. The number of hydrogen-bond donors (Lipinski definition) is 0. The second-order valence-corrected chi connectivity index (χ2v) is 7.00. The number of nitrogens with zero attached hydrogens (tertiary/aromatic N) is 1. The van der Waals surface area contributed by atoms with Crippen LogP contribution in [0.3, 0.4) is 0 Å². The third-order valence-corrected chi connectivity index (χ3v) is 5.08. The predicted octanol–water partition coefficient (Wildman–Crippen LogP) is 4.96. The molecule has 0 radical (unpaired) electrons. The first-order chi connectivity index (χ1) is 11.1. The van der Waals surface area contributed by atoms with E-state index in [1.54, 1.807) is 23.9 Å². The molecule has 2 amide bonds. The lowest BCUT2D eigenvalue weighted by molar-refractivity contribution is -0.113. The molecule has 3 nitrogen and oxygen atoms in total. The SMILES string of the molecule is CSc1cccc(N2C(=O)SC(=Cc3ccc(C)cc3)C2=O)c1. The predicted molar refractivity (Wildman–Crippen MR) is 97.9 cm³/mol. The van der Waals surface area contributed by atoms with Crippen LogP contribution in [0.25, 0.3) is 6.08 Å². The first-order valence-corrected chi connectivity index (χ1v) is 9.11. The molecule has 1 aliphatic rings. The van der Waals surface area contributed by atoms with Crippen LogP contribution in [0, 0.1) is 6.92 Å². The van der Waals surface area contributed by atoms with Gasteiger partial charge in [-0.25, -0.2) is 4.90 Å². The minimum Gasteiger partial charge on any atom is -0.268 e. The third kappa shape index (κ3) is 3.35. The maximum absolute atomic E-state index is 12.6. The van der Waals surface area contributed by atoms with Gasteiger partial charge in [-0.3, -0.25) is 9.59 Å². The van der Waals surface area contributed by atoms with Crippen LogP contribution in [0.1, 0.15) is 11.1 Å². The van der Waals surface area contributed by atoms with Gasteiger partial charge in [0, 0.05) is 4.90 Å². The van der Waals surface area contributed by atoms with Crippen molar-refractivity contribution in [2.45, 2.75) is 11.8 Å². The Morgan fingerprint density at radius 3 is 2.52 bits per heavy atom. The zero-order chi connectivity index (χ0) is 16.4. The van der Waals surface area contributed by atoms with Crippen molar-refractivity contribution >= 4 is 46.4 Å². The molecule has 0 aromatic heterocycles. The molecule has 2 aromatic rings. The lowest BCUT2D eigenvalue weighted by atomic mass is 10.1. The Morgan fingerprint density at radius 2 is 1.83 bits per heavy atom. The van der Waals surface area contributed by atoms with Crippen molar-refractivity contribution in [1.82, 2.24) is 0 Å². The first kappa shape index (κ1) is 15.9. The fraction of sp³-hybridized carbons (Fsp3) is 0.111. The van der Waals surface area contributed by atoms with Crippen LogP contribution in [-0.2, 0) is 4.79 Å². The normalized spacial score (nSPS) is 16.4. The topological polar surface area (TPSA) is 37.4 Å². The van der Waals surface area contributed by atoms with E-state index in [1.807, 2.05) is 55.6 Å². The van der Waals surface area contributed by atoms with Crippen molar-refractivity contribution in [2.75, 3.05) is 11.2 Å². The summed E-state index contributed by atoms with van der Waals surface area (Å²) >= 11 is 2.56. The highest BCUT2D eigenvalue weighted by atomic mass is 32.2. The van der Waals surface area contributed by atoms with Crippen LogP contribution >= 0.6 is 23.5 Å². The van der Waals surface area contributed by atoms with Gasteiger partial charge in [-0.1, -0.05) is 35.9 Å². The van der Waals surface area contributed by atoms with Gasteiger partial charge in [-0.2, -0.15) is 0 Å². The van der Waals surface area contributed by atoms with Gasteiger partial charge >= 0.3 is 0 Å². The number of thioether (sulfide) groups is 2. The zero-order valence-corrected chi connectivity index (χ0v) is 14.4. The molecule has 1 heterocycles. The number of carbonyl (C=O) groups excluding carboxylic acids is 2. The molecule has 0 saturated carbocycles. The summed E-state index contributed by atoms with van der Waals surface area (Å²) in [4.78, 5) is 27.6. The Hall–Kier alpha value is -1.98. The van der Waals surface area contributed by atoms with Gasteiger partial charge in [-0.15, -0.1) is 11.8 Å². The number of amides is 2. The van der Waals surface area contributed by atoms with Crippen molar-refractivity contribution < 1.29 is 9.59 Å². The summed E-state index contributed by atoms with van der Waals surface area (Å²) in [5.41, 5.74) is 2.69. The molecule has 1 saturated heterocycles. The van der Waals surface area contributed by atoms with Gasteiger partial charge in [0.05, 0.1) is 10.6 Å². The Balaban J connectivity index is 1.91. The van der Waals surface area contributed by atoms with Gasteiger partial charge in [0.25, 0.3) is 11.1 Å². The van der Waals surface area contributed by atoms with E-state index in [2.05, 4.69) is 0 Å². The molecule has 0 aliphatic carbocycles. The molecular formula is C18H15NO2S2. The van der Waals surface area contributed by atoms with E-state index in [4.69, 9.17) is 0 Å². The van der Waals surface area contributed by atoms with Gasteiger partial charge < -0.3 is 0 Å². The Bertz CT molecular complexity index is 797. The summed E-state index contributed by atoms with van der Waals surface area (Å²) in [6.45, 7) is 2.01. The van der Waals surface area contributed by atoms with Crippen molar-refractivity contribution in [3.63, 3.8) is 0 Å². The highest BCUT2D eigenvalue weighted by molar-refractivity contribution is 8.19. The summed E-state index contributed by atoms with van der Waals surface area (Å²) in [6, 6.07) is 15.3. The van der Waals surface area contributed by atoms with Gasteiger partial charge in [-0.05, 0) is 54.8 Å². The van der Waals surface area contributed by atoms with Crippen LogP contribution in [0.2, 0.25) is 0 Å². The molecule has 0 atom stereocenters. The number of anilines is 1. The van der Waals surface area contributed by atoms with Crippen LogP contribution in [0.15, 0.2) is 58.3 Å². The summed E-state index contributed by atoms with van der Waals surface area (Å²) in [6.07, 6.45) is 3.73. The molecule has 3 rings (SSSR count). The minimum absolute atomic E-state index is 0.258. The zero-order valence-electron chi connectivity index (χ0n) is 12.8. The summed E-state index contributed by atoms with van der Waals surface area (Å²) < 4.78 is 0. The Labute approximate surface area is 143 Å². The number of rotatable bonds is 3. The van der Waals surface area contributed by atoms with E-state index in [1.165, 1.54) is 4.90 Å². The van der Waals surface area contributed by atoms with Crippen LogP contribution in [0.5, 0.6) is 0 Å². The largest absolute Gasteiger partial charge is 0.298 e. The van der Waals surface area contributed by atoms with Crippen LogP contribution < -0.4 is 4.90 Å². The average Bonchev–Trinajstić information content (AvgIpc) is 2.83. The lowest BCUT2D eigenvalue weighted by Crippen LogP contribution is -2.27. The Morgan fingerprint density at radius 1 is 1.09 bits per heavy atom. The minimum atomic E-state index is -0.265. The van der Waals surface area contributed by atoms with Crippen molar-refractivity contribution in [1.29, 1.82) is 0 Å². The van der Waals surface area contributed by atoms with Crippen LogP contribution in [-0.4, -0.2) is 17.4 Å². The lowest BCUT2D eigenvalue weighted by Gasteiger charge is -2.13. The second kappa shape index (κ2) is 6.64. The number of benzene rings is 2. The Kier molecular flexibility index (Phi) is 4.59. The van der Waals surface area contributed by atoms with Gasteiger partial charge in [0.2, 0.25) is 0 Å². The number of imide groups is 1. The fourth-order valence-electron chi connectivity index (χ4n) is 2.25. The molecule has 23 heavy (non-hydrogen) atoms. The van der Waals surface area contributed by atoms with E-state index < -0.39 is 0 Å². The molecule has 5 heteroatoms. The average molecular weight is 341 g/mol. The summed E-state index contributed by atoms with van der Waals surface area (Å²) in [5.74, 6) is -0.265. The van der Waals surface area contributed by atoms with E-state index in [9.17, 15) is 9.59 Å². The quantitative estimate of drug-likeness (QED) is 0.584. The smallest absolute Gasteiger partial charge is 0.268 e.